The standard InChI is InChI=1S/C24H44N3O4/c1-4-5-6-7-8-9-10-11-12-13-14-15-16-17-18-19-20-23-24(30)25(21(2)28)26(22(3)29)27(23)31/h23H,4-20H2,1-3H3/q+1. The molecule has 0 aromatic carbocycles. The average molecular weight is 439 g/mol. The van der Waals surface area contributed by atoms with Gasteiger partial charge in [-0.15, -0.1) is 5.01 Å². The monoisotopic (exact) mass is 438 g/mol. The maximum absolute atomic E-state index is 12.3. The van der Waals surface area contributed by atoms with E-state index in [9.17, 15) is 19.3 Å². The van der Waals surface area contributed by atoms with E-state index < -0.39 is 23.8 Å². The maximum atomic E-state index is 12.3. The lowest BCUT2D eigenvalue weighted by atomic mass is 10.0. The minimum atomic E-state index is -0.973. The molecule has 1 aliphatic heterocycles. The van der Waals surface area contributed by atoms with Gasteiger partial charge in [0.25, 0.3) is 0 Å². The van der Waals surface area contributed by atoms with Crippen LogP contribution < -0.4 is 0 Å². The van der Waals surface area contributed by atoms with Crippen LogP contribution in [0.2, 0.25) is 0 Å². The second kappa shape index (κ2) is 15.9. The van der Waals surface area contributed by atoms with Gasteiger partial charge >= 0.3 is 17.9 Å². The average Bonchev–Trinajstić information content (AvgIpc) is 2.98. The number of nitroso groups, excluding NO2 is 1. The molecule has 1 fully saturated rings. The summed E-state index contributed by atoms with van der Waals surface area (Å²) in [5.41, 5.74) is 0. The van der Waals surface area contributed by atoms with Crippen LogP contribution in [0.25, 0.3) is 0 Å². The summed E-state index contributed by atoms with van der Waals surface area (Å²) in [5, 5.41) is 1.27. The lowest BCUT2D eigenvalue weighted by molar-refractivity contribution is -0.711. The number of nitrogens with zero attached hydrogens (tertiary/aromatic N) is 3. The Labute approximate surface area is 188 Å². The number of amides is 3. The SMILES string of the molecule is CCCCCCCCCCCCCCCCCCC1C(=O)N(C(C)=O)N(C(C)=O)[N+]1=O. The predicted octanol–water partition coefficient (Wildman–Crippen LogP) is 5.85. The van der Waals surface area contributed by atoms with Gasteiger partial charge in [0.05, 0.1) is 4.91 Å². The van der Waals surface area contributed by atoms with Gasteiger partial charge < -0.3 is 0 Å². The molecule has 1 unspecified atom stereocenters. The molecule has 3 amide bonds. The number of carbonyl (C=O) groups is 3. The van der Waals surface area contributed by atoms with Crippen LogP contribution in [0.4, 0.5) is 0 Å². The largest absolute Gasteiger partial charge is 0.329 e. The molecule has 0 saturated carbocycles. The summed E-state index contributed by atoms with van der Waals surface area (Å²) in [6.07, 6.45) is 20.6. The number of unbranched alkanes of at least 4 members (excludes halogenated alkanes) is 15. The third kappa shape index (κ3) is 9.92. The Morgan fingerprint density at radius 1 is 0.710 bits per heavy atom. The van der Waals surface area contributed by atoms with E-state index in [0.717, 1.165) is 19.3 Å². The Morgan fingerprint density at radius 2 is 1.10 bits per heavy atom. The molecular formula is C24H44N3O4+. The summed E-state index contributed by atoms with van der Waals surface area (Å²) < 4.78 is 0. The normalized spacial score (nSPS) is 16.4. The zero-order valence-electron chi connectivity index (χ0n) is 20.1. The Balaban J connectivity index is 2.02. The lowest BCUT2D eigenvalue weighted by Gasteiger charge is -2.12. The molecule has 7 heteroatoms. The van der Waals surface area contributed by atoms with E-state index in [2.05, 4.69) is 6.92 Å². The van der Waals surface area contributed by atoms with Gasteiger partial charge in [-0.3, -0.25) is 14.4 Å². The molecule has 1 saturated heterocycles. The molecule has 0 N–H and O–H groups in total. The van der Waals surface area contributed by atoms with Gasteiger partial charge in [-0.25, -0.2) is 0 Å². The number of hydrogen-bond acceptors (Lipinski definition) is 4. The van der Waals surface area contributed by atoms with Crippen LogP contribution >= 0.6 is 0 Å². The quantitative estimate of drug-likeness (QED) is 0.211. The number of hydrogen-bond donors (Lipinski definition) is 0. The van der Waals surface area contributed by atoms with E-state index in [4.69, 9.17) is 0 Å². The highest BCUT2D eigenvalue weighted by Crippen LogP contribution is 2.21. The van der Waals surface area contributed by atoms with Crippen molar-refractivity contribution in [2.24, 2.45) is 0 Å². The van der Waals surface area contributed by atoms with Gasteiger partial charge in [0, 0.05) is 25.4 Å². The molecule has 0 spiro atoms. The number of hydrazine groups is 2. The third-order valence-corrected chi connectivity index (χ3v) is 6.05. The van der Waals surface area contributed by atoms with Crippen molar-refractivity contribution >= 4 is 17.7 Å². The Hall–Kier alpha value is -1.79. The summed E-state index contributed by atoms with van der Waals surface area (Å²) in [5.74, 6) is -1.85. The lowest BCUT2D eigenvalue weighted by Crippen LogP contribution is -2.46. The molecule has 7 nitrogen and oxygen atoms in total. The molecule has 0 aliphatic carbocycles. The highest BCUT2D eigenvalue weighted by atomic mass is 16.4. The third-order valence-electron chi connectivity index (χ3n) is 6.05. The minimum Gasteiger partial charge on any atom is -0.273 e. The Kier molecular flexibility index (Phi) is 14.0. The van der Waals surface area contributed by atoms with Crippen LogP contribution in [0, 0.1) is 4.91 Å². The first kappa shape index (κ1) is 27.2. The Morgan fingerprint density at radius 3 is 1.42 bits per heavy atom. The van der Waals surface area contributed by atoms with Gasteiger partial charge in [-0.2, -0.15) is 0 Å². The van der Waals surface area contributed by atoms with Crippen molar-refractivity contribution in [2.45, 2.75) is 136 Å². The van der Waals surface area contributed by atoms with Crippen molar-refractivity contribution in [3.63, 3.8) is 0 Å². The minimum absolute atomic E-state index is 0.358. The summed E-state index contributed by atoms with van der Waals surface area (Å²) in [6.45, 7) is 4.61. The van der Waals surface area contributed by atoms with E-state index >= 15 is 0 Å². The number of rotatable bonds is 17. The first-order valence-electron chi connectivity index (χ1n) is 12.5. The van der Waals surface area contributed by atoms with Crippen LogP contribution in [-0.4, -0.2) is 38.8 Å². The summed E-state index contributed by atoms with van der Waals surface area (Å²) in [6, 6.07) is -0.973. The van der Waals surface area contributed by atoms with Crippen molar-refractivity contribution in [1.29, 1.82) is 0 Å². The van der Waals surface area contributed by atoms with Crippen molar-refractivity contribution < 1.29 is 19.3 Å². The number of imide groups is 1. The van der Waals surface area contributed by atoms with E-state index in [1.54, 1.807) is 0 Å². The van der Waals surface area contributed by atoms with Crippen molar-refractivity contribution in [3.05, 3.63) is 4.91 Å². The molecular weight excluding hydrogens is 394 g/mol. The summed E-state index contributed by atoms with van der Waals surface area (Å²) in [4.78, 5) is 48.2. The summed E-state index contributed by atoms with van der Waals surface area (Å²) >= 11 is 0. The Bertz CT molecular complexity index is 547. The molecule has 0 bridgehead atoms. The van der Waals surface area contributed by atoms with Gasteiger partial charge in [-0.1, -0.05) is 103 Å². The predicted molar refractivity (Wildman–Crippen MR) is 122 cm³/mol. The molecule has 1 heterocycles. The van der Waals surface area contributed by atoms with Gasteiger partial charge in [-0.05, 0) is 6.42 Å². The molecule has 0 radical (unpaired) electrons. The first-order chi connectivity index (χ1) is 14.9. The second-order valence-corrected chi connectivity index (χ2v) is 8.89. The molecule has 1 atom stereocenters. The highest BCUT2D eigenvalue weighted by Gasteiger charge is 2.57. The number of carbonyl (C=O) groups excluding carboxylic acids is 3. The van der Waals surface area contributed by atoms with Crippen molar-refractivity contribution in [2.75, 3.05) is 0 Å². The van der Waals surface area contributed by atoms with Crippen molar-refractivity contribution in [3.8, 4) is 0 Å². The van der Waals surface area contributed by atoms with Crippen LogP contribution in [0.5, 0.6) is 0 Å². The van der Waals surface area contributed by atoms with Crippen molar-refractivity contribution in [1.82, 2.24) is 10.1 Å². The van der Waals surface area contributed by atoms with Crippen LogP contribution in [-0.2, 0) is 14.4 Å². The molecule has 31 heavy (non-hydrogen) atoms. The van der Waals surface area contributed by atoms with Gasteiger partial charge in [0.2, 0.25) is 5.91 Å². The zero-order valence-corrected chi connectivity index (χ0v) is 20.1. The highest BCUT2D eigenvalue weighted by molar-refractivity contribution is 5.98. The van der Waals surface area contributed by atoms with Crippen LogP contribution in [0.1, 0.15) is 130 Å². The molecule has 0 aromatic heterocycles. The second-order valence-electron chi connectivity index (χ2n) is 8.89. The smallest absolute Gasteiger partial charge is 0.273 e. The maximum Gasteiger partial charge on any atom is 0.329 e. The zero-order chi connectivity index (χ0) is 23.1. The molecule has 178 valence electrons. The van der Waals surface area contributed by atoms with E-state index in [-0.39, 0.29) is 0 Å². The topological polar surface area (TPSA) is 77.8 Å². The van der Waals surface area contributed by atoms with Gasteiger partial charge in [0.1, 0.15) is 0 Å². The van der Waals surface area contributed by atoms with E-state index in [0.29, 0.717) is 21.4 Å². The van der Waals surface area contributed by atoms with E-state index in [1.165, 1.54) is 97.3 Å². The summed E-state index contributed by atoms with van der Waals surface area (Å²) in [7, 11) is 0. The van der Waals surface area contributed by atoms with Gasteiger partial charge in [0.15, 0.2) is 4.87 Å². The first-order valence-corrected chi connectivity index (χ1v) is 12.5. The molecule has 0 aromatic rings. The fraction of sp³-hybridized carbons (Fsp3) is 0.875. The fourth-order valence-corrected chi connectivity index (χ4v) is 4.24. The molecule has 1 aliphatic rings. The van der Waals surface area contributed by atoms with E-state index in [1.807, 2.05) is 0 Å². The fourth-order valence-electron chi connectivity index (χ4n) is 4.24. The molecule has 1 rings (SSSR count). The van der Waals surface area contributed by atoms with Crippen LogP contribution in [0.15, 0.2) is 0 Å². The van der Waals surface area contributed by atoms with Crippen LogP contribution in [0.3, 0.4) is 0 Å².